The Bertz CT molecular complexity index is 970. The van der Waals surface area contributed by atoms with Gasteiger partial charge in [0.15, 0.2) is 0 Å². The highest BCUT2D eigenvalue weighted by molar-refractivity contribution is 6.08. The first-order valence-corrected chi connectivity index (χ1v) is 8.97. The smallest absolute Gasteiger partial charge is 0.270 e. The molecule has 6 heteroatoms. The molecule has 142 valence electrons. The second-order valence-corrected chi connectivity index (χ2v) is 6.47. The highest BCUT2D eigenvalue weighted by atomic mass is 16.6. The molecule has 2 N–H and O–H groups in total. The standard InChI is InChI=1S/C22H21N3O3/c1-16-7-9-18(10-8-16)24-22(26)20-15-19(25(27)28)11-12-21(20)23-14-13-17-5-3-2-4-6-17/h2-12,15,23H,13-14H2,1H3,(H,24,26). The van der Waals surface area contributed by atoms with Crippen molar-refractivity contribution in [2.75, 3.05) is 17.2 Å². The molecular formula is C22H21N3O3. The van der Waals surface area contributed by atoms with Gasteiger partial charge in [-0.15, -0.1) is 0 Å². The number of nitrogens with one attached hydrogen (secondary N) is 2. The lowest BCUT2D eigenvalue weighted by atomic mass is 10.1. The molecule has 0 unspecified atom stereocenters. The number of nitro benzene ring substituents is 1. The van der Waals surface area contributed by atoms with Gasteiger partial charge in [-0.3, -0.25) is 14.9 Å². The molecule has 0 saturated carbocycles. The van der Waals surface area contributed by atoms with Gasteiger partial charge in [0.05, 0.1) is 10.5 Å². The van der Waals surface area contributed by atoms with Crippen LogP contribution in [0.4, 0.5) is 17.1 Å². The molecule has 28 heavy (non-hydrogen) atoms. The summed E-state index contributed by atoms with van der Waals surface area (Å²) in [6, 6.07) is 21.6. The summed E-state index contributed by atoms with van der Waals surface area (Å²) < 4.78 is 0. The number of carbonyl (C=O) groups excluding carboxylic acids is 1. The average Bonchev–Trinajstić information content (AvgIpc) is 2.70. The Balaban J connectivity index is 1.78. The van der Waals surface area contributed by atoms with Gasteiger partial charge in [0, 0.05) is 30.1 Å². The fourth-order valence-corrected chi connectivity index (χ4v) is 2.81. The normalized spacial score (nSPS) is 10.3. The summed E-state index contributed by atoms with van der Waals surface area (Å²) in [4.78, 5) is 23.4. The SMILES string of the molecule is Cc1ccc(NC(=O)c2cc([N+](=O)[O-])ccc2NCCc2ccccc2)cc1. The van der Waals surface area contributed by atoms with E-state index in [2.05, 4.69) is 10.6 Å². The Morgan fingerprint density at radius 3 is 2.39 bits per heavy atom. The van der Waals surface area contributed by atoms with Crippen LogP contribution in [0.15, 0.2) is 72.8 Å². The zero-order valence-corrected chi connectivity index (χ0v) is 15.5. The topological polar surface area (TPSA) is 84.3 Å². The number of anilines is 2. The molecule has 3 rings (SSSR count). The van der Waals surface area contributed by atoms with E-state index in [-0.39, 0.29) is 11.3 Å². The third-order valence-electron chi connectivity index (χ3n) is 4.34. The van der Waals surface area contributed by atoms with Crippen LogP contribution in [0.5, 0.6) is 0 Å². The van der Waals surface area contributed by atoms with Gasteiger partial charge >= 0.3 is 0 Å². The maximum Gasteiger partial charge on any atom is 0.270 e. The van der Waals surface area contributed by atoms with Crippen LogP contribution in [0.1, 0.15) is 21.5 Å². The van der Waals surface area contributed by atoms with Gasteiger partial charge < -0.3 is 10.6 Å². The van der Waals surface area contributed by atoms with Crippen LogP contribution in [0.25, 0.3) is 0 Å². The van der Waals surface area contributed by atoms with Crippen molar-refractivity contribution >= 4 is 23.0 Å². The van der Waals surface area contributed by atoms with E-state index in [1.165, 1.54) is 17.7 Å². The van der Waals surface area contributed by atoms with Crippen molar-refractivity contribution < 1.29 is 9.72 Å². The molecule has 3 aromatic rings. The lowest BCUT2D eigenvalue weighted by Gasteiger charge is -2.13. The number of nitro groups is 1. The Labute approximate surface area is 163 Å². The highest BCUT2D eigenvalue weighted by Gasteiger charge is 2.17. The summed E-state index contributed by atoms with van der Waals surface area (Å²) in [5, 5.41) is 17.2. The Hall–Kier alpha value is -3.67. The van der Waals surface area contributed by atoms with Gasteiger partial charge in [-0.25, -0.2) is 0 Å². The van der Waals surface area contributed by atoms with Crippen molar-refractivity contribution in [2.45, 2.75) is 13.3 Å². The average molecular weight is 375 g/mol. The third-order valence-corrected chi connectivity index (χ3v) is 4.34. The maximum absolute atomic E-state index is 12.8. The second-order valence-electron chi connectivity index (χ2n) is 6.47. The van der Waals surface area contributed by atoms with E-state index in [9.17, 15) is 14.9 Å². The number of benzene rings is 3. The largest absolute Gasteiger partial charge is 0.384 e. The lowest BCUT2D eigenvalue weighted by molar-refractivity contribution is -0.384. The molecular weight excluding hydrogens is 354 g/mol. The third kappa shape index (κ3) is 4.94. The summed E-state index contributed by atoms with van der Waals surface area (Å²) in [5.74, 6) is -0.394. The maximum atomic E-state index is 12.8. The van der Waals surface area contributed by atoms with Crippen molar-refractivity contribution in [1.82, 2.24) is 0 Å². The van der Waals surface area contributed by atoms with Crippen LogP contribution >= 0.6 is 0 Å². The first-order chi connectivity index (χ1) is 13.5. The number of amides is 1. The number of non-ortho nitro benzene ring substituents is 1. The number of rotatable bonds is 7. The van der Waals surface area contributed by atoms with Gasteiger partial charge in [0.1, 0.15) is 0 Å². The minimum Gasteiger partial charge on any atom is -0.384 e. The monoisotopic (exact) mass is 375 g/mol. The summed E-state index contributed by atoms with van der Waals surface area (Å²) in [6.45, 7) is 2.56. The van der Waals surface area contributed by atoms with Gasteiger partial charge in [0.25, 0.3) is 11.6 Å². The molecule has 6 nitrogen and oxygen atoms in total. The van der Waals surface area contributed by atoms with Gasteiger partial charge in [0.2, 0.25) is 0 Å². The molecule has 0 heterocycles. The van der Waals surface area contributed by atoms with E-state index in [1.54, 1.807) is 18.2 Å². The van der Waals surface area contributed by atoms with E-state index in [0.29, 0.717) is 17.9 Å². The highest BCUT2D eigenvalue weighted by Crippen LogP contribution is 2.23. The molecule has 0 radical (unpaired) electrons. The van der Waals surface area contributed by atoms with E-state index in [4.69, 9.17) is 0 Å². The number of carbonyl (C=O) groups is 1. The molecule has 3 aromatic carbocycles. The quantitative estimate of drug-likeness (QED) is 0.458. The molecule has 0 aliphatic rings. The lowest BCUT2D eigenvalue weighted by Crippen LogP contribution is -2.16. The minimum atomic E-state index is -0.504. The molecule has 0 aliphatic carbocycles. The first-order valence-electron chi connectivity index (χ1n) is 8.97. The zero-order valence-electron chi connectivity index (χ0n) is 15.5. The van der Waals surface area contributed by atoms with Gasteiger partial charge in [-0.1, -0.05) is 48.0 Å². The summed E-state index contributed by atoms with van der Waals surface area (Å²) in [5.41, 5.74) is 3.56. The van der Waals surface area contributed by atoms with E-state index < -0.39 is 10.8 Å². The summed E-state index contributed by atoms with van der Waals surface area (Å²) >= 11 is 0. The summed E-state index contributed by atoms with van der Waals surface area (Å²) in [6.07, 6.45) is 0.775. The molecule has 0 spiro atoms. The van der Waals surface area contributed by atoms with Gasteiger partial charge in [-0.2, -0.15) is 0 Å². The van der Waals surface area contributed by atoms with Crippen molar-refractivity contribution in [1.29, 1.82) is 0 Å². The van der Waals surface area contributed by atoms with Crippen molar-refractivity contribution in [3.8, 4) is 0 Å². The Morgan fingerprint density at radius 2 is 1.71 bits per heavy atom. The number of hydrogen-bond donors (Lipinski definition) is 2. The first kappa shape index (κ1) is 19.1. The van der Waals surface area contributed by atoms with Crippen molar-refractivity contribution in [2.24, 2.45) is 0 Å². The van der Waals surface area contributed by atoms with Crippen LogP contribution in [0.2, 0.25) is 0 Å². The zero-order chi connectivity index (χ0) is 19.9. The predicted octanol–water partition coefficient (Wildman–Crippen LogP) is 4.81. The molecule has 0 atom stereocenters. The van der Waals surface area contributed by atoms with Crippen LogP contribution in [0.3, 0.4) is 0 Å². The number of hydrogen-bond acceptors (Lipinski definition) is 4. The van der Waals surface area contributed by atoms with Crippen molar-refractivity contribution in [3.05, 3.63) is 99.6 Å². The van der Waals surface area contributed by atoms with Crippen LogP contribution < -0.4 is 10.6 Å². The summed E-state index contributed by atoms with van der Waals surface area (Å²) in [7, 11) is 0. The molecule has 0 fully saturated rings. The predicted molar refractivity (Wildman–Crippen MR) is 111 cm³/mol. The molecule has 0 saturated heterocycles. The van der Waals surface area contributed by atoms with Crippen molar-refractivity contribution in [3.63, 3.8) is 0 Å². The minimum absolute atomic E-state index is 0.123. The molecule has 0 bridgehead atoms. The van der Waals surface area contributed by atoms with Crippen LogP contribution in [0, 0.1) is 17.0 Å². The fraction of sp³-hybridized carbons (Fsp3) is 0.136. The molecule has 0 aromatic heterocycles. The number of aryl methyl sites for hydroxylation is 1. The Kier molecular flexibility index (Phi) is 6.01. The Morgan fingerprint density at radius 1 is 1.00 bits per heavy atom. The van der Waals surface area contributed by atoms with Crippen LogP contribution in [-0.2, 0) is 6.42 Å². The molecule has 1 amide bonds. The van der Waals surface area contributed by atoms with E-state index >= 15 is 0 Å². The fourth-order valence-electron chi connectivity index (χ4n) is 2.81. The number of nitrogens with zero attached hydrogens (tertiary/aromatic N) is 1. The molecule has 0 aliphatic heterocycles. The van der Waals surface area contributed by atoms with Gasteiger partial charge in [-0.05, 0) is 37.1 Å². The van der Waals surface area contributed by atoms with E-state index in [0.717, 1.165) is 12.0 Å². The van der Waals surface area contributed by atoms with Crippen LogP contribution in [-0.4, -0.2) is 17.4 Å². The van der Waals surface area contributed by atoms with E-state index in [1.807, 2.05) is 49.4 Å². The second kappa shape index (κ2) is 8.81.